The molecule has 1 N–H and O–H groups in total. The Hall–Kier alpha value is -1.61. The van der Waals surface area contributed by atoms with Gasteiger partial charge in [-0.25, -0.2) is 0 Å². The van der Waals surface area contributed by atoms with Crippen molar-refractivity contribution in [2.45, 2.75) is 44.6 Å². The van der Waals surface area contributed by atoms with Crippen LogP contribution in [0.5, 0.6) is 5.75 Å². The molecule has 2 aliphatic carbocycles. The minimum atomic E-state index is -1.05. The molecular formula is C17H20O3. The summed E-state index contributed by atoms with van der Waals surface area (Å²) >= 11 is 0. The van der Waals surface area contributed by atoms with Crippen LogP contribution in [0.3, 0.4) is 0 Å². The molecular weight excluding hydrogens is 252 g/mol. The third-order valence-electron chi connectivity index (χ3n) is 5.41. The Labute approximate surface area is 119 Å². The Kier molecular flexibility index (Phi) is 2.64. The minimum Gasteiger partial charge on any atom is -0.497 e. The Morgan fingerprint density at radius 1 is 1.30 bits per heavy atom. The Bertz CT molecular complexity index is 644. The first kappa shape index (κ1) is 13.4. The molecule has 20 heavy (non-hydrogen) atoms. The summed E-state index contributed by atoms with van der Waals surface area (Å²) in [5.74, 6) is 0.841. The van der Waals surface area contributed by atoms with Crippen molar-refractivity contribution in [3.8, 4) is 5.75 Å². The van der Waals surface area contributed by atoms with Crippen molar-refractivity contribution in [1.82, 2.24) is 0 Å². The molecule has 3 heteroatoms. The number of rotatable bonds is 1. The van der Waals surface area contributed by atoms with Crippen molar-refractivity contribution in [2.24, 2.45) is 0 Å². The van der Waals surface area contributed by atoms with Crippen LogP contribution < -0.4 is 4.74 Å². The number of ketones is 1. The number of aliphatic hydroxyl groups is 1. The third-order valence-corrected chi connectivity index (χ3v) is 5.41. The predicted molar refractivity (Wildman–Crippen MR) is 77.0 cm³/mol. The molecule has 0 aromatic heterocycles. The molecule has 106 valence electrons. The van der Waals surface area contributed by atoms with Gasteiger partial charge >= 0.3 is 0 Å². The van der Waals surface area contributed by atoms with Gasteiger partial charge in [-0.3, -0.25) is 4.79 Å². The standard InChI is InChI=1S/C17H20O3/c1-10-11(2)17(19)8-7-12-9-13(20-4)5-6-14(12)16(17,3)15(10)18/h5-6,9,19H,7-8H2,1-4H3/t16-,17-/m0/s1. The van der Waals surface area contributed by atoms with E-state index < -0.39 is 11.0 Å². The molecule has 0 amide bonds. The van der Waals surface area contributed by atoms with Crippen molar-refractivity contribution in [2.75, 3.05) is 7.11 Å². The second-order valence-corrected chi connectivity index (χ2v) is 6.09. The first-order valence-corrected chi connectivity index (χ1v) is 6.99. The van der Waals surface area contributed by atoms with E-state index in [1.165, 1.54) is 0 Å². The van der Waals surface area contributed by atoms with Crippen LogP contribution in [0.4, 0.5) is 0 Å². The Balaban J connectivity index is 2.24. The summed E-state index contributed by atoms with van der Waals surface area (Å²) in [5, 5.41) is 11.1. The second-order valence-electron chi connectivity index (χ2n) is 6.09. The third kappa shape index (κ3) is 1.31. The van der Waals surface area contributed by atoms with Gasteiger partial charge in [0.05, 0.1) is 12.5 Å². The monoisotopic (exact) mass is 272 g/mol. The summed E-state index contributed by atoms with van der Waals surface area (Å²) in [5.41, 5.74) is 1.67. The van der Waals surface area contributed by atoms with Gasteiger partial charge in [0.25, 0.3) is 0 Å². The molecule has 0 radical (unpaired) electrons. The molecule has 0 aliphatic heterocycles. The number of fused-ring (bicyclic) bond motifs is 3. The maximum absolute atomic E-state index is 12.7. The fourth-order valence-electron chi connectivity index (χ4n) is 3.91. The second kappa shape index (κ2) is 3.95. The van der Waals surface area contributed by atoms with E-state index in [1.807, 2.05) is 39.0 Å². The predicted octanol–water partition coefficient (Wildman–Crippen LogP) is 2.55. The molecule has 0 bridgehead atoms. The van der Waals surface area contributed by atoms with Crippen molar-refractivity contribution in [1.29, 1.82) is 0 Å². The first-order chi connectivity index (χ1) is 9.36. The van der Waals surface area contributed by atoms with Gasteiger partial charge in [-0.15, -0.1) is 0 Å². The minimum absolute atomic E-state index is 0.0450. The summed E-state index contributed by atoms with van der Waals surface area (Å²) in [6, 6.07) is 5.78. The van der Waals surface area contributed by atoms with Crippen molar-refractivity contribution >= 4 is 5.78 Å². The van der Waals surface area contributed by atoms with E-state index in [0.717, 1.165) is 28.9 Å². The van der Waals surface area contributed by atoms with Gasteiger partial charge in [0, 0.05) is 0 Å². The lowest BCUT2D eigenvalue weighted by atomic mass is 9.61. The first-order valence-electron chi connectivity index (χ1n) is 6.99. The summed E-state index contributed by atoms with van der Waals surface area (Å²) in [6.07, 6.45) is 1.34. The van der Waals surface area contributed by atoms with Crippen LogP contribution in [0.25, 0.3) is 0 Å². The van der Waals surface area contributed by atoms with Crippen molar-refractivity contribution in [3.63, 3.8) is 0 Å². The number of hydrogen-bond acceptors (Lipinski definition) is 3. The Morgan fingerprint density at radius 2 is 2.00 bits per heavy atom. The van der Waals surface area contributed by atoms with Crippen molar-refractivity contribution < 1.29 is 14.6 Å². The molecule has 2 atom stereocenters. The molecule has 3 nitrogen and oxygen atoms in total. The highest BCUT2D eigenvalue weighted by Crippen LogP contribution is 2.54. The van der Waals surface area contributed by atoms with E-state index in [2.05, 4.69) is 0 Å². The summed E-state index contributed by atoms with van der Waals surface area (Å²) < 4.78 is 5.26. The lowest BCUT2D eigenvalue weighted by Crippen LogP contribution is -2.54. The van der Waals surface area contributed by atoms with E-state index in [0.29, 0.717) is 12.0 Å². The molecule has 1 aromatic rings. The quantitative estimate of drug-likeness (QED) is 0.854. The lowest BCUT2D eigenvalue weighted by molar-refractivity contribution is -0.126. The van der Waals surface area contributed by atoms with Crippen LogP contribution in [0, 0.1) is 0 Å². The fraction of sp³-hybridized carbons (Fsp3) is 0.471. The zero-order valence-electron chi connectivity index (χ0n) is 12.4. The molecule has 0 heterocycles. The molecule has 2 aliphatic rings. The summed E-state index contributed by atoms with van der Waals surface area (Å²) in [7, 11) is 1.64. The van der Waals surface area contributed by atoms with Crippen LogP contribution >= 0.6 is 0 Å². The number of methoxy groups -OCH3 is 1. The van der Waals surface area contributed by atoms with Gasteiger partial charge in [-0.2, -0.15) is 0 Å². The SMILES string of the molecule is COc1ccc2c(c1)CC[C@]1(O)C(C)=C(C)C(=O)[C@]21C. The Morgan fingerprint density at radius 3 is 2.65 bits per heavy atom. The highest BCUT2D eigenvalue weighted by Gasteiger charge is 2.61. The zero-order chi connectivity index (χ0) is 14.7. The summed E-state index contributed by atoms with van der Waals surface area (Å²) in [6.45, 7) is 5.58. The van der Waals surface area contributed by atoms with E-state index in [4.69, 9.17) is 4.74 Å². The average Bonchev–Trinajstić information content (AvgIpc) is 2.60. The molecule has 3 rings (SSSR count). The van der Waals surface area contributed by atoms with Crippen LogP contribution in [0.1, 0.15) is 38.3 Å². The van der Waals surface area contributed by atoms with Crippen LogP contribution in [0.15, 0.2) is 29.3 Å². The van der Waals surface area contributed by atoms with Crippen molar-refractivity contribution in [3.05, 3.63) is 40.5 Å². The number of Topliss-reactive ketones (excluding diaryl/α,β-unsaturated/α-hetero) is 1. The van der Waals surface area contributed by atoms with Gasteiger partial charge in [0.15, 0.2) is 5.78 Å². The number of aryl methyl sites for hydroxylation is 1. The van der Waals surface area contributed by atoms with E-state index in [9.17, 15) is 9.90 Å². The number of allylic oxidation sites excluding steroid dienone is 1. The van der Waals surface area contributed by atoms with Gasteiger partial charge in [-0.05, 0) is 68.0 Å². The van der Waals surface area contributed by atoms with Gasteiger partial charge in [-0.1, -0.05) is 6.07 Å². The largest absolute Gasteiger partial charge is 0.497 e. The van der Waals surface area contributed by atoms with E-state index in [1.54, 1.807) is 7.11 Å². The number of carbonyl (C=O) groups excluding carboxylic acids is 1. The topological polar surface area (TPSA) is 46.5 Å². The average molecular weight is 272 g/mol. The van der Waals surface area contributed by atoms with Crippen LogP contribution in [-0.2, 0) is 16.6 Å². The maximum atomic E-state index is 12.7. The summed E-state index contributed by atoms with van der Waals surface area (Å²) in [4.78, 5) is 12.7. The van der Waals surface area contributed by atoms with Gasteiger partial charge in [0.2, 0.25) is 0 Å². The maximum Gasteiger partial charge on any atom is 0.172 e. The van der Waals surface area contributed by atoms with Crippen LogP contribution in [0.2, 0.25) is 0 Å². The van der Waals surface area contributed by atoms with E-state index in [-0.39, 0.29) is 5.78 Å². The lowest BCUT2D eigenvalue weighted by Gasteiger charge is -2.45. The van der Waals surface area contributed by atoms with E-state index >= 15 is 0 Å². The molecule has 0 spiro atoms. The highest BCUT2D eigenvalue weighted by molar-refractivity contribution is 6.08. The molecule has 0 unspecified atom stereocenters. The normalized spacial score (nSPS) is 32.1. The number of benzene rings is 1. The van der Waals surface area contributed by atoms with Gasteiger partial charge in [0.1, 0.15) is 11.4 Å². The van der Waals surface area contributed by atoms with Crippen LogP contribution in [-0.4, -0.2) is 23.6 Å². The zero-order valence-corrected chi connectivity index (χ0v) is 12.4. The fourth-order valence-corrected chi connectivity index (χ4v) is 3.91. The molecule has 0 fully saturated rings. The highest BCUT2D eigenvalue weighted by atomic mass is 16.5. The molecule has 0 saturated heterocycles. The number of ether oxygens (including phenoxy) is 1. The molecule has 0 saturated carbocycles. The number of carbonyl (C=O) groups is 1. The molecule has 1 aromatic carbocycles. The van der Waals surface area contributed by atoms with Gasteiger partial charge < -0.3 is 9.84 Å². The number of hydrogen-bond donors (Lipinski definition) is 1. The smallest absolute Gasteiger partial charge is 0.172 e.